The Labute approximate surface area is 145 Å². The van der Waals surface area contributed by atoms with Gasteiger partial charge in [-0.2, -0.15) is 0 Å². The van der Waals surface area contributed by atoms with Crippen molar-refractivity contribution >= 4 is 18.4 Å². The van der Waals surface area contributed by atoms with Crippen molar-refractivity contribution in [2.24, 2.45) is 5.92 Å². The Morgan fingerprint density at radius 3 is 2.87 bits per heavy atom. The highest BCUT2D eigenvalue weighted by atomic mass is 35.5. The van der Waals surface area contributed by atoms with Crippen LogP contribution in [0.15, 0.2) is 18.2 Å². The summed E-state index contributed by atoms with van der Waals surface area (Å²) in [7, 11) is 0. The third-order valence-electron chi connectivity index (χ3n) is 4.35. The normalized spacial score (nSPS) is 18.1. The molecule has 1 aliphatic rings. The van der Waals surface area contributed by atoms with Gasteiger partial charge in [-0.15, -0.1) is 12.4 Å². The van der Waals surface area contributed by atoms with Gasteiger partial charge in [-0.3, -0.25) is 9.69 Å². The first-order valence-electron chi connectivity index (χ1n) is 8.19. The van der Waals surface area contributed by atoms with Crippen LogP contribution in [0.5, 0.6) is 5.75 Å². The van der Waals surface area contributed by atoms with Crippen LogP contribution in [0.3, 0.4) is 0 Å². The molecule has 0 saturated carbocycles. The predicted molar refractivity (Wildman–Crippen MR) is 94.5 cm³/mol. The van der Waals surface area contributed by atoms with Crippen LogP contribution in [-0.4, -0.2) is 43.7 Å². The maximum absolute atomic E-state index is 11.8. The van der Waals surface area contributed by atoms with E-state index >= 15 is 0 Å². The van der Waals surface area contributed by atoms with Crippen LogP contribution in [0.25, 0.3) is 0 Å². The lowest BCUT2D eigenvalue weighted by Gasteiger charge is -2.31. The molecule has 4 nitrogen and oxygen atoms in total. The van der Waals surface area contributed by atoms with E-state index in [9.17, 15) is 4.79 Å². The molecular formula is C18H28ClNO3. The fourth-order valence-electron chi connectivity index (χ4n) is 2.88. The van der Waals surface area contributed by atoms with Crippen LogP contribution in [0, 0.1) is 19.8 Å². The lowest BCUT2D eigenvalue weighted by Crippen LogP contribution is -2.41. The van der Waals surface area contributed by atoms with Crippen LogP contribution >= 0.6 is 12.4 Å². The van der Waals surface area contributed by atoms with Gasteiger partial charge in [0.25, 0.3) is 0 Å². The average Bonchev–Trinajstić information content (AvgIpc) is 2.52. The summed E-state index contributed by atoms with van der Waals surface area (Å²) >= 11 is 0. The molecule has 1 atom stereocenters. The molecule has 0 spiro atoms. The number of likely N-dealkylation sites (tertiary alicyclic amines) is 1. The Morgan fingerprint density at radius 1 is 1.35 bits per heavy atom. The van der Waals surface area contributed by atoms with Crippen LogP contribution < -0.4 is 4.74 Å². The first-order chi connectivity index (χ1) is 10.6. The lowest BCUT2D eigenvalue weighted by atomic mass is 9.98. The second-order valence-corrected chi connectivity index (χ2v) is 5.94. The zero-order chi connectivity index (χ0) is 15.9. The van der Waals surface area contributed by atoms with Crippen molar-refractivity contribution in [1.82, 2.24) is 4.90 Å². The first kappa shape index (κ1) is 19.8. The van der Waals surface area contributed by atoms with Gasteiger partial charge < -0.3 is 9.47 Å². The summed E-state index contributed by atoms with van der Waals surface area (Å²) in [6.45, 7) is 9.82. The van der Waals surface area contributed by atoms with E-state index in [0.717, 1.165) is 38.2 Å². The van der Waals surface area contributed by atoms with Gasteiger partial charge in [0, 0.05) is 13.1 Å². The Balaban J connectivity index is 0.00000264. The summed E-state index contributed by atoms with van der Waals surface area (Å²) in [6, 6.07) is 6.13. The number of aryl methyl sites for hydroxylation is 1. The Bertz CT molecular complexity index is 507. The number of benzene rings is 1. The zero-order valence-electron chi connectivity index (χ0n) is 14.3. The molecule has 23 heavy (non-hydrogen) atoms. The van der Waals surface area contributed by atoms with Crippen molar-refractivity contribution < 1.29 is 14.3 Å². The van der Waals surface area contributed by atoms with Gasteiger partial charge in [0.15, 0.2) is 0 Å². The van der Waals surface area contributed by atoms with E-state index in [4.69, 9.17) is 9.47 Å². The quantitative estimate of drug-likeness (QED) is 0.743. The van der Waals surface area contributed by atoms with Gasteiger partial charge in [0.1, 0.15) is 12.4 Å². The van der Waals surface area contributed by atoms with Crippen LogP contribution in [-0.2, 0) is 9.53 Å². The molecule has 2 rings (SSSR count). The molecule has 1 aromatic carbocycles. The maximum Gasteiger partial charge on any atom is 0.310 e. The fourth-order valence-corrected chi connectivity index (χ4v) is 2.88. The van der Waals surface area contributed by atoms with Gasteiger partial charge in [-0.1, -0.05) is 12.1 Å². The first-order valence-corrected chi connectivity index (χ1v) is 8.19. The predicted octanol–water partition coefficient (Wildman–Crippen LogP) is 3.38. The number of nitrogens with zero attached hydrogens (tertiary/aromatic N) is 1. The number of piperidine rings is 1. The fraction of sp³-hybridized carbons (Fsp3) is 0.611. The Hall–Kier alpha value is -1.26. The van der Waals surface area contributed by atoms with E-state index < -0.39 is 0 Å². The minimum absolute atomic E-state index is 0. The molecule has 1 fully saturated rings. The minimum Gasteiger partial charge on any atom is -0.492 e. The molecule has 0 radical (unpaired) electrons. The number of esters is 1. The van der Waals surface area contributed by atoms with Crippen molar-refractivity contribution in [3.63, 3.8) is 0 Å². The summed E-state index contributed by atoms with van der Waals surface area (Å²) in [5.41, 5.74) is 2.45. The van der Waals surface area contributed by atoms with Crippen molar-refractivity contribution in [2.45, 2.75) is 33.6 Å². The number of hydrogen-bond donors (Lipinski definition) is 0. The molecule has 0 aliphatic carbocycles. The van der Waals surface area contributed by atoms with E-state index in [1.165, 1.54) is 11.1 Å². The van der Waals surface area contributed by atoms with Crippen molar-refractivity contribution in [1.29, 1.82) is 0 Å². The van der Waals surface area contributed by atoms with Crippen LogP contribution in [0.2, 0.25) is 0 Å². The third kappa shape index (κ3) is 5.70. The maximum atomic E-state index is 11.8. The second kappa shape index (κ2) is 9.78. The SMILES string of the molecule is CCOC(=O)C1CCCN(CCOc2cccc(C)c2C)C1.Cl. The average molecular weight is 342 g/mol. The molecule has 5 heteroatoms. The zero-order valence-corrected chi connectivity index (χ0v) is 15.2. The monoisotopic (exact) mass is 341 g/mol. The number of halogens is 1. The molecule has 0 aromatic heterocycles. The van der Waals surface area contributed by atoms with Gasteiger partial charge in [0.2, 0.25) is 0 Å². The molecular weight excluding hydrogens is 314 g/mol. The molecule has 1 heterocycles. The summed E-state index contributed by atoms with van der Waals surface area (Å²) < 4.78 is 11.0. The van der Waals surface area contributed by atoms with Crippen molar-refractivity contribution in [2.75, 3.05) is 32.8 Å². The largest absolute Gasteiger partial charge is 0.492 e. The highest BCUT2D eigenvalue weighted by Gasteiger charge is 2.26. The van der Waals surface area contributed by atoms with Gasteiger partial charge in [-0.25, -0.2) is 0 Å². The van der Waals surface area contributed by atoms with Crippen LogP contribution in [0.1, 0.15) is 30.9 Å². The molecule has 1 aromatic rings. The number of carbonyl (C=O) groups is 1. The smallest absolute Gasteiger partial charge is 0.310 e. The van der Waals surface area contributed by atoms with Gasteiger partial charge in [0.05, 0.1) is 12.5 Å². The molecule has 1 aliphatic heterocycles. The molecule has 0 amide bonds. The van der Waals surface area contributed by atoms with Gasteiger partial charge in [-0.05, 0) is 57.4 Å². The number of rotatable bonds is 6. The minimum atomic E-state index is -0.0531. The molecule has 0 bridgehead atoms. The highest BCUT2D eigenvalue weighted by molar-refractivity contribution is 5.85. The Kier molecular flexibility index (Phi) is 8.42. The third-order valence-corrected chi connectivity index (χ3v) is 4.35. The molecule has 0 N–H and O–H groups in total. The van der Waals surface area contributed by atoms with Gasteiger partial charge >= 0.3 is 5.97 Å². The van der Waals surface area contributed by atoms with Crippen molar-refractivity contribution in [3.05, 3.63) is 29.3 Å². The van der Waals surface area contributed by atoms with E-state index in [1.807, 2.05) is 19.1 Å². The summed E-state index contributed by atoms with van der Waals surface area (Å²) in [5.74, 6) is 0.927. The lowest BCUT2D eigenvalue weighted by molar-refractivity contribution is -0.150. The van der Waals surface area contributed by atoms with Crippen LogP contribution in [0.4, 0.5) is 0 Å². The highest BCUT2D eigenvalue weighted by Crippen LogP contribution is 2.21. The Morgan fingerprint density at radius 2 is 2.13 bits per heavy atom. The molecule has 1 saturated heterocycles. The van der Waals surface area contributed by atoms with E-state index in [-0.39, 0.29) is 24.3 Å². The number of carbonyl (C=O) groups excluding carboxylic acids is 1. The summed E-state index contributed by atoms with van der Waals surface area (Å²) in [4.78, 5) is 14.1. The number of hydrogen-bond acceptors (Lipinski definition) is 4. The van der Waals surface area contributed by atoms with Crippen molar-refractivity contribution in [3.8, 4) is 5.75 Å². The number of ether oxygens (including phenoxy) is 2. The summed E-state index contributed by atoms with van der Waals surface area (Å²) in [5, 5.41) is 0. The molecule has 1 unspecified atom stereocenters. The summed E-state index contributed by atoms with van der Waals surface area (Å²) in [6.07, 6.45) is 1.99. The van der Waals surface area contributed by atoms with E-state index in [1.54, 1.807) is 0 Å². The topological polar surface area (TPSA) is 38.8 Å². The van der Waals surface area contributed by atoms with E-state index in [0.29, 0.717) is 13.2 Å². The van der Waals surface area contributed by atoms with E-state index in [2.05, 4.69) is 24.8 Å². The standard InChI is InChI=1S/C18H27NO3.ClH/c1-4-21-18(20)16-8-6-10-19(13-16)11-12-22-17-9-5-7-14(2)15(17)3;/h5,7,9,16H,4,6,8,10-13H2,1-3H3;1H. The molecule has 130 valence electrons. The second-order valence-electron chi connectivity index (χ2n) is 5.94.